The van der Waals surface area contributed by atoms with Gasteiger partial charge in [-0.15, -0.1) is 24.8 Å². The minimum absolute atomic E-state index is 0. The van der Waals surface area contributed by atoms with Crippen molar-refractivity contribution in [1.29, 1.82) is 0 Å². The van der Waals surface area contributed by atoms with Gasteiger partial charge in [0.05, 0.1) is 18.7 Å². The molecule has 0 spiro atoms. The first-order valence-electron chi connectivity index (χ1n) is 7.07. The highest BCUT2D eigenvalue weighted by molar-refractivity contribution is 9.10. The predicted octanol–water partition coefficient (Wildman–Crippen LogP) is 3.67. The van der Waals surface area contributed by atoms with Crippen LogP contribution in [0.15, 0.2) is 16.6 Å². The zero-order chi connectivity index (χ0) is 14.5. The van der Waals surface area contributed by atoms with Crippen LogP contribution in [-0.4, -0.2) is 45.3 Å². The molecule has 1 N–H and O–H groups in total. The van der Waals surface area contributed by atoms with Gasteiger partial charge in [-0.05, 0) is 34.5 Å². The van der Waals surface area contributed by atoms with Crippen LogP contribution in [0.1, 0.15) is 24.9 Å². The van der Waals surface area contributed by atoms with Gasteiger partial charge < -0.3 is 14.8 Å². The molecule has 4 nitrogen and oxygen atoms in total. The highest BCUT2D eigenvalue weighted by atomic mass is 79.9. The number of ether oxygens (including phenoxy) is 2. The second-order valence-corrected chi connectivity index (χ2v) is 5.79. The molecule has 1 fully saturated rings. The van der Waals surface area contributed by atoms with Gasteiger partial charge in [0.2, 0.25) is 0 Å². The minimum atomic E-state index is 0. The molecule has 1 aromatic rings. The van der Waals surface area contributed by atoms with Crippen molar-refractivity contribution in [3.05, 3.63) is 22.2 Å². The highest BCUT2D eigenvalue weighted by Crippen LogP contribution is 2.39. The molecule has 1 saturated heterocycles. The van der Waals surface area contributed by atoms with E-state index >= 15 is 0 Å². The molecule has 0 radical (unpaired) electrons. The molecule has 1 atom stereocenters. The molecule has 2 rings (SSSR count). The molecule has 128 valence electrons. The van der Waals surface area contributed by atoms with E-state index < -0.39 is 0 Å². The van der Waals surface area contributed by atoms with Gasteiger partial charge >= 0.3 is 0 Å². The third kappa shape index (κ3) is 4.90. The molecule has 1 aromatic carbocycles. The Bertz CT molecular complexity index is 457. The lowest BCUT2D eigenvalue weighted by molar-refractivity contribution is 0.166. The Kier molecular flexibility index (Phi) is 10.5. The number of benzene rings is 1. The average molecular weight is 416 g/mol. The van der Waals surface area contributed by atoms with E-state index in [0.717, 1.165) is 48.6 Å². The summed E-state index contributed by atoms with van der Waals surface area (Å²) in [5.74, 6) is 1.78. The Balaban J connectivity index is 0.00000220. The molecule has 1 aliphatic heterocycles. The summed E-state index contributed by atoms with van der Waals surface area (Å²) in [7, 11) is 3.42. The first kappa shape index (κ1) is 21.8. The maximum atomic E-state index is 5.57. The van der Waals surface area contributed by atoms with Gasteiger partial charge in [-0.3, -0.25) is 4.90 Å². The summed E-state index contributed by atoms with van der Waals surface area (Å²) in [5.41, 5.74) is 1.21. The molecule has 0 aromatic heterocycles. The number of methoxy groups -OCH3 is 2. The number of nitrogens with zero attached hydrogens (tertiary/aromatic N) is 1. The number of nitrogens with one attached hydrogen (secondary N) is 1. The first-order chi connectivity index (χ1) is 9.71. The summed E-state index contributed by atoms with van der Waals surface area (Å²) < 4.78 is 11.9. The maximum absolute atomic E-state index is 5.57. The summed E-state index contributed by atoms with van der Waals surface area (Å²) >= 11 is 3.52. The number of hydrogen-bond donors (Lipinski definition) is 1. The van der Waals surface area contributed by atoms with Crippen molar-refractivity contribution in [3.63, 3.8) is 0 Å². The SMILES string of the molecule is CC[C@H](c1cc(OC)c(Br)cc1OC)N1CCNCC1.Cl.Cl. The fourth-order valence-corrected chi connectivity index (χ4v) is 3.30. The van der Waals surface area contributed by atoms with E-state index in [1.54, 1.807) is 14.2 Å². The van der Waals surface area contributed by atoms with Crippen LogP contribution in [0.5, 0.6) is 11.5 Å². The molecule has 22 heavy (non-hydrogen) atoms. The van der Waals surface area contributed by atoms with Crippen molar-refractivity contribution in [3.8, 4) is 11.5 Å². The smallest absolute Gasteiger partial charge is 0.133 e. The average Bonchev–Trinajstić information content (AvgIpc) is 2.50. The maximum Gasteiger partial charge on any atom is 0.133 e. The first-order valence-corrected chi connectivity index (χ1v) is 7.86. The third-order valence-electron chi connectivity index (χ3n) is 3.84. The van der Waals surface area contributed by atoms with Gasteiger partial charge in [0.1, 0.15) is 11.5 Å². The van der Waals surface area contributed by atoms with Crippen LogP contribution in [0.25, 0.3) is 0 Å². The van der Waals surface area contributed by atoms with Crippen molar-refractivity contribution < 1.29 is 9.47 Å². The molecule has 0 saturated carbocycles. The molecule has 1 aliphatic rings. The van der Waals surface area contributed by atoms with Crippen LogP contribution in [0.3, 0.4) is 0 Å². The number of halogens is 3. The summed E-state index contributed by atoms with van der Waals surface area (Å²) in [6, 6.07) is 4.46. The van der Waals surface area contributed by atoms with Gasteiger partial charge in [0.25, 0.3) is 0 Å². The summed E-state index contributed by atoms with van der Waals surface area (Å²) in [6.45, 7) is 6.46. The molecule has 0 bridgehead atoms. The van der Waals surface area contributed by atoms with E-state index in [2.05, 4.69) is 39.1 Å². The fourth-order valence-electron chi connectivity index (χ4n) is 2.81. The van der Waals surface area contributed by atoms with E-state index in [1.165, 1.54) is 5.56 Å². The second kappa shape index (κ2) is 10.6. The van der Waals surface area contributed by atoms with Crippen molar-refractivity contribution in [2.24, 2.45) is 0 Å². The molecule has 0 aliphatic carbocycles. The van der Waals surface area contributed by atoms with E-state index in [9.17, 15) is 0 Å². The lowest BCUT2D eigenvalue weighted by Crippen LogP contribution is -2.45. The Morgan fingerprint density at radius 3 is 2.23 bits per heavy atom. The second-order valence-electron chi connectivity index (χ2n) is 4.94. The van der Waals surface area contributed by atoms with Gasteiger partial charge in [-0.2, -0.15) is 0 Å². The van der Waals surface area contributed by atoms with Crippen LogP contribution >= 0.6 is 40.7 Å². The Labute approximate surface area is 153 Å². The fraction of sp³-hybridized carbons (Fsp3) is 0.600. The van der Waals surface area contributed by atoms with Crippen molar-refractivity contribution >= 4 is 40.7 Å². The molecule has 0 amide bonds. The number of rotatable bonds is 5. The zero-order valence-electron chi connectivity index (χ0n) is 13.2. The summed E-state index contributed by atoms with van der Waals surface area (Å²) in [6.07, 6.45) is 1.06. The molecule has 1 heterocycles. The Morgan fingerprint density at radius 1 is 1.14 bits per heavy atom. The highest BCUT2D eigenvalue weighted by Gasteiger charge is 2.24. The number of hydrogen-bond acceptors (Lipinski definition) is 4. The molecular formula is C15H25BrCl2N2O2. The largest absolute Gasteiger partial charge is 0.496 e. The van der Waals surface area contributed by atoms with Gasteiger partial charge in [-0.1, -0.05) is 6.92 Å². The van der Waals surface area contributed by atoms with Crippen molar-refractivity contribution in [2.75, 3.05) is 40.4 Å². The molecule has 7 heteroatoms. The summed E-state index contributed by atoms with van der Waals surface area (Å²) in [4.78, 5) is 2.52. The molecular weight excluding hydrogens is 391 g/mol. The van der Waals surface area contributed by atoms with Crippen LogP contribution in [0.4, 0.5) is 0 Å². The van der Waals surface area contributed by atoms with Crippen LogP contribution in [-0.2, 0) is 0 Å². The molecule has 0 unspecified atom stereocenters. The lowest BCUT2D eigenvalue weighted by atomic mass is 10.0. The van der Waals surface area contributed by atoms with Crippen LogP contribution in [0.2, 0.25) is 0 Å². The van der Waals surface area contributed by atoms with Gasteiger partial charge in [0, 0.05) is 37.8 Å². The lowest BCUT2D eigenvalue weighted by Gasteiger charge is -2.35. The minimum Gasteiger partial charge on any atom is -0.496 e. The van der Waals surface area contributed by atoms with Crippen LogP contribution < -0.4 is 14.8 Å². The monoisotopic (exact) mass is 414 g/mol. The normalized spacial score (nSPS) is 16.2. The van der Waals surface area contributed by atoms with Crippen molar-refractivity contribution in [2.45, 2.75) is 19.4 Å². The van der Waals surface area contributed by atoms with Gasteiger partial charge in [0.15, 0.2) is 0 Å². The third-order valence-corrected chi connectivity index (χ3v) is 4.46. The predicted molar refractivity (Wildman–Crippen MR) is 99.2 cm³/mol. The van der Waals surface area contributed by atoms with Crippen LogP contribution in [0, 0.1) is 0 Å². The standard InChI is InChI=1S/C15H23BrN2O2.2ClH/c1-4-13(18-7-5-17-6-8-18)11-9-15(20-3)12(16)10-14(11)19-2;;/h9-10,13,17H,4-8H2,1-3H3;2*1H/t13-;;/m1../s1. The Morgan fingerprint density at radius 2 is 1.73 bits per heavy atom. The van der Waals surface area contributed by atoms with Gasteiger partial charge in [-0.25, -0.2) is 0 Å². The zero-order valence-corrected chi connectivity index (χ0v) is 16.4. The van der Waals surface area contributed by atoms with Crippen molar-refractivity contribution in [1.82, 2.24) is 10.2 Å². The van der Waals surface area contributed by atoms with E-state index in [0.29, 0.717) is 6.04 Å². The summed E-state index contributed by atoms with van der Waals surface area (Å²) in [5, 5.41) is 3.40. The topological polar surface area (TPSA) is 33.7 Å². The number of piperazine rings is 1. The van der Waals surface area contributed by atoms with E-state index in [1.807, 2.05) is 6.07 Å². The quantitative estimate of drug-likeness (QED) is 0.795. The van der Waals surface area contributed by atoms with E-state index in [4.69, 9.17) is 9.47 Å². The van der Waals surface area contributed by atoms with E-state index in [-0.39, 0.29) is 24.8 Å². The Hall–Kier alpha value is -0.200.